The molecule has 0 fully saturated rings. The van der Waals surface area contributed by atoms with Crippen molar-refractivity contribution in [1.29, 1.82) is 0 Å². The van der Waals surface area contributed by atoms with Crippen molar-refractivity contribution in [2.45, 2.75) is 72.4 Å². The quantitative estimate of drug-likeness (QED) is 0.695. The van der Waals surface area contributed by atoms with Crippen LogP contribution in [-0.2, 0) is 13.0 Å². The molecule has 2 unspecified atom stereocenters. The molecule has 2 atom stereocenters. The number of rotatable bonds is 8. The van der Waals surface area contributed by atoms with E-state index in [1.54, 1.807) is 0 Å². The second kappa shape index (κ2) is 7.01. The molecule has 0 aliphatic carbocycles. The highest BCUT2D eigenvalue weighted by Gasteiger charge is 2.47. The van der Waals surface area contributed by atoms with Crippen LogP contribution in [0.25, 0.3) is 0 Å². The Morgan fingerprint density at radius 3 is 1.53 bits per heavy atom. The molecule has 0 bridgehead atoms. The van der Waals surface area contributed by atoms with Gasteiger partial charge in [0.05, 0.1) is 0 Å². The molecule has 17 heavy (non-hydrogen) atoms. The van der Waals surface area contributed by atoms with E-state index in [1.807, 2.05) is 47.3 Å². The average molecular weight is 281 g/mol. The molecule has 6 heteroatoms. The molecule has 104 valence electrons. The molecule has 0 aliphatic rings. The van der Waals surface area contributed by atoms with E-state index in [1.165, 1.54) is 0 Å². The molecule has 0 aromatic rings. The van der Waals surface area contributed by atoms with Crippen molar-refractivity contribution >= 4 is 17.4 Å². The van der Waals surface area contributed by atoms with E-state index in [2.05, 4.69) is 0 Å². The van der Waals surface area contributed by atoms with Crippen LogP contribution in [0.4, 0.5) is 0 Å². The second-order valence-electron chi connectivity index (χ2n) is 5.41. The highest BCUT2D eigenvalue weighted by atomic mass is 28.5. The Bertz CT molecular complexity index is 206. The topological polar surface area (TPSA) is 47.9 Å². The lowest BCUT2D eigenvalue weighted by atomic mass is 10.3. The monoisotopic (exact) mass is 280 g/mol. The summed E-state index contributed by atoms with van der Waals surface area (Å²) in [7, 11) is -5.38. The molecular weight excluding hydrogens is 252 g/mol. The lowest BCUT2D eigenvalue weighted by Gasteiger charge is -2.33. The Morgan fingerprint density at radius 1 is 0.941 bits per heavy atom. The van der Waals surface area contributed by atoms with Gasteiger partial charge in [-0.25, -0.2) is 0 Å². The van der Waals surface area contributed by atoms with Gasteiger partial charge in [-0.1, -0.05) is 13.8 Å². The lowest BCUT2D eigenvalue weighted by Crippen LogP contribution is -2.55. The first kappa shape index (κ1) is 17.3. The van der Waals surface area contributed by atoms with Gasteiger partial charge in [-0.15, -0.1) is 0 Å². The summed E-state index contributed by atoms with van der Waals surface area (Å²) < 4.78 is 17.0. The summed E-state index contributed by atoms with van der Waals surface area (Å²) in [6.07, 6.45) is 1.56. The van der Waals surface area contributed by atoms with Gasteiger partial charge in [-0.3, -0.25) is 0 Å². The van der Waals surface area contributed by atoms with E-state index in [-0.39, 0.29) is 12.2 Å². The zero-order valence-electron chi connectivity index (χ0n) is 12.2. The third kappa shape index (κ3) is 8.07. The van der Waals surface area contributed by atoms with E-state index in [4.69, 9.17) is 13.0 Å². The minimum absolute atomic E-state index is 0.0490. The minimum Gasteiger partial charge on any atom is -0.394 e. The third-order valence-corrected chi connectivity index (χ3v) is 7.17. The van der Waals surface area contributed by atoms with Gasteiger partial charge >= 0.3 is 9.05 Å². The molecule has 0 rings (SSSR count). The van der Waals surface area contributed by atoms with Crippen molar-refractivity contribution in [2.75, 3.05) is 0 Å². The van der Waals surface area contributed by atoms with Crippen LogP contribution in [0, 0.1) is 0 Å². The zero-order chi connectivity index (χ0) is 13.7. The summed E-state index contributed by atoms with van der Waals surface area (Å²) in [5.41, 5.74) is 0. The van der Waals surface area contributed by atoms with E-state index < -0.39 is 17.4 Å². The number of hydrogen-bond donors (Lipinski definition) is 1. The maximum Gasteiger partial charge on any atom is 0.666 e. The molecule has 0 amide bonds. The molecule has 1 N–H and O–H groups in total. The molecule has 0 aliphatic heterocycles. The van der Waals surface area contributed by atoms with Crippen molar-refractivity contribution in [3.8, 4) is 0 Å². The fourth-order valence-electron chi connectivity index (χ4n) is 1.14. The molecule has 0 aromatic carbocycles. The van der Waals surface area contributed by atoms with E-state index in [0.29, 0.717) is 0 Å². The Morgan fingerprint density at radius 2 is 1.29 bits per heavy atom. The highest BCUT2D eigenvalue weighted by molar-refractivity contribution is 6.77. The van der Waals surface area contributed by atoms with Crippen molar-refractivity contribution in [3.05, 3.63) is 0 Å². The molecule has 0 aromatic heterocycles. The fourth-order valence-corrected chi connectivity index (χ4v) is 6.02. The van der Waals surface area contributed by atoms with E-state index >= 15 is 0 Å². The molecular formula is C11H28O4Si2. The molecule has 0 spiro atoms. The fraction of sp³-hybridized carbons (Fsp3) is 1.00. The van der Waals surface area contributed by atoms with Gasteiger partial charge < -0.3 is 17.8 Å². The molecule has 0 saturated carbocycles. The van der Waals surface area contributed by atoms with E-state index in [0.717, 1.165) is 12.8 Å². The summed E-state index contributed by atoms with van der Waals surface area (Å²) in [5.74, 6) is 0. The first-order valence-electron chi connectivity index (χ1n) is 6.40. The van der Waals surface area contributed by atoms with Crippen LogP contribution in [0.15, 0.2) is 0 Å². The van der Waals surface area contributed by atoms with Crippen molar-refractivity contribution in [2.24, 2.45) is 0 Å². The maximum absolute atomic E-state index is 10.5. The average Bonchev–Trinajstić information content (AvgIpc) is 2.13. The normalized spacial score (nSPS) is 19.8. The van der Waals surface area contributed by atoms with Gasteiger partial charge in [-0.05, 0) is 46.3 Å². The maximum atomic E-state index is 10.5. The Kier molecular flexibility index (Phi) is 7.12. The standard InChI is InChI=1S/C11H28O4Si2/c1-8-10(3)13-17(12,14-11(4)9-2)15-16(5,6)7/h10-12H,8-9H2,1-7H3. The summed E-state index contributed by atoms with van der Waals surface area (Å²) in [6.45, 7) is 13.9. The molecule has 0 heterocycles. The molecule has 0 saturated heterocycles. The summed E-state index contributed by atoms with van der Waals surface area (Å²) in [4.78, 5) is 10.5. The van der Waals surface area contributed by atoms with Crippen LogP contribution in [-0.4, -0.2) is 34.4 Å². The minimum atomic E-state index is -3.49. The van der Waals surface area contributed by atoms with E-state index in [9.17, 15) is 4.80 Å². The van der Waals surface area contributed by atoms with Crippen LogP contribution in [0.1, 0.15) is 40.5 Å². The largest absolute Gasteiger partial charge is 0.666 e. The van der Waals surface area contributed by atoms with Gasteiger partial charge in [0.2, 0.25) is 0 Å². The lowest BCUT2D eigenvalue weighted by molar-refractivity contribution is -0.0191. The van der Waals surface area contributed by atoms with Crippen LogP contribution in [0.5, 0.6) is 0 Å². The summed E-state index contributed by atoms with van der Waals surface area (Å²) >= 11 is 0. The third-order valence-electron chi connectivity index (χ3n) is 2.29. The SMILES string of the molecule is CCC(C)O[Si](O)(OC(C)CC)O[Si](C)(C)C. The van der Waals surface area contributed by atoms with Crippen molar-refractivity contribution in [3.63, 3.8) is 0 Å². The Hall–Kier alpha value is 0.274. The van der Waals surface area contributed by atoms with Gasteiger partial charge in [0.25, 0.3) is 0 Å². The van der Waals surface area contributed by atoms with Gasteiger partial charge in [0.1, 0.15) is 0 Å². The van der Waals surface area contributed by atoms with Crippen LogP contribution in [0.2, 0.25) is 19.6 Å². The molecule has 4 nitrogen and oxygen atoms in total. The van der Waals surface area contributed by atoms with Gasteiger partial charge in [-0.2, -0.15) is 0 Å². The molecule has 0 radical (unpaired) electrons. The zero-order valence-corrected chi connectivity index (χ0v) is 14.2. The smallest absolute Gasteiger partial charge is 0.394 e. The van der Waals surface area contributed by atoms with Crippen LogP contribution in [0.3, 0.4) is 0 Å². The predicted molar refractivity (Wildman–Crippen MR) is 74.1 cm³/mol. The first-order valence-corrected chi connectivity index (χ1v) is 11.5. The number of hydrogen-bond acceptors (Lipinski definition) is 4. The highest BCUT2D eigenvalue weighted by Crippen LogP contribution is 2.19. The van der Waals surface area contributed by atoms with Crippen LogP contribution >= 0.6 is 0 Å². The second-order valence-corrected chi connectivity index (χ2v) is 12.0. The van der Waals surface area contributed by atoms with Gasteiger partial charge in [0.15, 0.2) is 8.32 Å². The Labute approximate surface area is 108 Å². The summed E-state index contributed by atoms with van der Waals surface area (Å²) in [5, 5.41) is 0. The van der Waals surface area contributed by atoms with Gasteiger partial charge in [0, 0.05) is 12.2 Å². The summed E-state index contributed by atoms with van der Waals surface area (Å²) in [6, 6.07) is 0. The van der Waals surface area contributed by atoms with Crippen LogP contribution < -0.4 is 0 Å². The predicted octanol–water partition coefficient (Wildman–Crippen LogP) is 2.90. The first-order chi connectivity index (χ1) is 7.62. The Balaban J connectivity index is 4.67. The van der Waals surface area contributed by atoms with Crippen molar-refractivity contribution < 1.29 is 17.8 Å². The van der Waals surface area contributed by atoms with Crippen molar-refractivity contribution in [1.82, 2.24) is 0 Å².